The molecule has 1 aromatic rings. The molecule has 0 saturated heterocycles. The van der Waals surface area contributed by atoms with Crippen molar-refractivity contribution in [2.24, 2.45) is 0 Å². The van der Waals surface area contributed by atoms with Crippen LogP contribution in [0.5, 0.6) is 0 Å². The first-order chi connectivity index (χ1) is 7.27. The van der Waals surface area contributed by atoms with Crippen molar-refractivity contribution in [1.82, 2.24) is 5.32 Å². The predicted molar refractivity (Wildman–Crippen MR) is 63.6 cm³/mol. The van der Waals surface area contributed by atoms with Crippen LogP contribution in [0.3, 0.4) is 0 Å². The van der Waals surface area contributed by atoms with Crippen LogP contribution in [-0.4, -0.2) is 5.37 Å². The lowest BCUT2D eigenvalue weighted by Gasteiger charge is -2.10. The summed E-state index contributed by atoms with van der Waals surface area (Å²) in [5, 5.41) is 4.28. The van der Waals surface area contributed by atoms with Crippen molar-refractivity contribution in [3.05, 3.63) is 21.9 Å². The van der Waals surface area contributed by atoms with E-state index >= 15 is 0 Å². The molecule has 0 unspecified atom stereocenters. The second-order valence-electron chi connectivity index (χ2n) is 3.91. The van der Waals surface area contributed by atoms with E-state index in [1.807, 2.05) is 0 Å². The van der Waals surface area contributed by atoms with E-state index in [4.69, 9.17) is 11.6 Å². The number of carbonyl (C=O) groups excluding carboxylic acids is 1. The third-order valence-electron chi connectivity index (χ3n) is 2.96. The minimum Gasteiger partial charge on any atom is -0.338 e. The normalized spacial score (nSPS) is 16.9. The number of thiophene rings is 1. The van der Waals surface area contributed by atoms with Crippen LogP contribution >= 0.6 is 22.9 Å². The molecule has 0 aliphatic heterocycles. The molecule has 0 radical (unpaired) electrons. The Morgan fingerprint density at radius 1 is 1.53 bits per heavy atom. The van der Waals surface area contributed by atoms with Crippen LogP contribution in [0.4, 0.5) is 4.79 Å². The Labute approximate surface area is 98.6 Å². The largest absolute Gasteiger partial charge is 0.338 e. The molecule has 4 heteroatoms. The van der Waals surface area contributed by atoms with Gasteiger partial charge in [0.15, 0.2) is 0 Å². The molecule has 82 valence electrons. The number of rotatable bonds is 3. The van der Waals surface area contributed by atoms with Crippen molar-refractivity contribution < 1.29 is 4.79 Å². The zero-order chi connectivity index (χ0) is 10.7. The van der Waals surface area contributed by atoms with Gasteiger partial charge in [-0.15, -0.1) is 11.3 Å². The molecular formula is C11H14ClNOS. The summed E-state index contributed by atoms with van der Waals surface area (Å²) in [6.07, 6.45) is 5.25. The van der Waals surface area contributed by atoms with Crippen LogP contribution in [0.25, 0.3) is 0 Å². The minimum atomic E-state index is -0.472. The van der Waals surface area contributed by atoms with Gasteiger partial charge in [-0.3, -0.25) is 4.79 Å². The van der Waals surface area contributed by atoms with Gasteiger partial charge >= 0.3 is 5.37 Å². The van der Waals surface area contributed by atoms with Gasteiger partial charge in [-0.05, 0) is 47.4 Å². The van der Waals surface area contributed by atoms with Gasteiger partial charge in [0.25, 0.3) is 0 Å². The highest BCUT2D eigenvalue weighted by atomic mass is 35.5. The van der Waals surface area contributed by atoms with E-state index in [9.17, 15) is 4.79 Å². The van der Waals surface area contributed by atoms with Crippen LogP contribution in [0.1, 0.15) is 42.0 Å². The van der Waals surface area contributed by atoms with Crippen LogP contribution in [0.15, 0.2) is 11.4 Å². The van der Waals surface area contributed by atoms with Gasteiger partial charge in [0.05, 0.1) is 6.54 Å². The van der Waals surface area contributed by atoms with Gasteiger partial charge in [0, 0.05) is 4.88 Å². The van der Waals surface area contributed by atoms with E-state index in [1.54, 1.807) is 11.3 Å². The molecule has 15 heavy (non-hydrogen) atoms. The van der Waals surface area contributed by atoms with Crippen molar-refractivity contribution in [1.29, 1.82) is 0 Å². The van der Waals surface area contributed by atoms with Crippen LogP contribution < -0.4 is 5.32 Å². The van der Waals surface area contributed by atoms with Crippen molar-refractivity contribution in [2.45, 2.75) is 38.1 Å². The average molecular weight is 244 g/mol. The molecule has 1 fully saturated rings. The summed E-state index contributed by atoms with van der Waals surface area (Å²) in [4.78, 5) is 11.9. The molecule has 1 saturated carbocycles. The van der Waals surface area contributed by atoms with E-state index in [0.29, 0.717) is 12.5 Å². The Hall–Kier alpha value is -0.540. The van der Waals surface area contributed by atoms with Crippen molar-refractivity contribution in [2.75, 3.05) is 0 Å². The molecule has 0 bridgehead atoms. The molecule has 0 aromatic carbocycles. The van der Waals surface area contributed by atoms with Gasteiger partial charge in [0.2, 0.25) is 0 Å². The molecule has 1 heterocycles. The summed E-state index contributed by atoms with van der Waals surface area (Å²) < 4.78 is 0. The number of hydrogen-bond acceptors (Lipinski definition) is 2. The maximum atomic E-state index is 10.6. The first kappa shape index (κ1) is 11.0. The van der Waals surface area contributed by atoms with Crippen LogP contribution in [0, 0.1) is 0 Å². The lowest BCUT2D eigenvalue weighted by Crippen LogP contribution is -2.15. The zero-order valence-corrected chi connectivity index (χ0v) is 10.0. The number of amides is 1. The fraction of sp³-hybridized carbons (Fsp3) is 0.545. The number of carbonyl (C=O) groups is 1. The van der Waals surface area contributed by atoms with Crippen LogP contribution in [0.2, 0.25) is 0 Å². The summed E-state index contributed by atoms with van der Waals surface area (Å²) in [6.45, 7) is 0.575. The van der Waals surface area contributed by atoms with Crippen molar-refractivity contribution in [3.63, 3.8) is 0 Å². The lowest BCUT2D eigenvalue weighted by atomic mass is 9.98. The van der Waals surface area contributed by atoms with E-state index < -0.39 is 5.37 Å². The fourth-order valence-electron chi connectivity index (χ4n) is 2.24. The molecule has 1 aliphatic carbocycles. The Morgan fingerprint density at radius 3 is 2.93 bits per heavy atom. The molecule has 2 nitrogen and oxygen atoms in total. The fourth-order valence-corrected chi connectivity index (χ4v) is 3.22. The maximum absolute atomic E-state index is 10.6. The monoisotopic (exact) mass is 243 g/mol. The van der Waals surface area contributed by atoms with Gasteiger partial charge in [0.1, 0.15) is 0 Å². The molecular weight excluding hydrogens is 230 g/mol. The minimum absolute atomic E-state index is 0.472. The number of hydrogen-bond donors (Lipinski definition) is 1. The summed E-state index contributed by atoms with van der Waals surface area (Å²) >= 11 is 6.97. The van der Waals surface area contributed by atoms with E-state index in [-0.39, 0.29) is 0 Å². The molecule has 2 rings (SSSR count). The molecule has 0 spiro atoms. The first-order valence-corrected chi connectivity index (χ1v) is 6.52. The lowest BCUT2D eigenvalue weighted by molar-refractivity contribution is 0.259. The van der Waals surface area contributed by atoms with E-state index in [2.05, 4.69) is 16.8 Å². The van der Waals surface area contributed by atoms with Gasteiger partial charge in [-0.2, -0.15) is 0 Å². The molecule has 1 aliphatic rings. The highest BCUT2D eigenvalue weighted by Crippen LogP contribution is 2.37. The summed E-state index contributed by atoms with van der Waals surface area (Å²) in [5.41, 5.74) is 1.42. The number of halogens is 1. The Bertz CT molecular complexity index is 344. The van der Waals surface area contributed by atoms with Crippen molar-refractivity contribution >= 4 is 28.3 Å². The predicted octanol–water partition coefficient (Wildman–Crippen LogP) is 3.85. The molecule has 0 atom stereocenters. The smallest absolute Gasteiger partial charge is 0.314 e. The first-order valence-electron chi connectivity index (χ1n) is 5.27. The Kier molecular flexibility index (Phi) is 3.65. The van der Waals surface area contributed by atoms with E-state index in [1.165, 1.54) is 36.1 Å². The highest BCUT2D eigenvalue weighted by Gasteiger charge is 2.20. The second kappa shape index (κ2) is 4.99. The Balaban J connectivity index is 2.04. The molecule has 1 aromatic heterocycles. The van der Waals surface area contributed by atoms with Crippen molar-refractivity contribution in [3.8, 4) is 0 Å². The number of nitrogens with one attached hydrogen (secondary N) is 1. The third-order valence-corrected chi connectivity index (χ3v) is 4.03. The standard InChI is InChI=1S/C11H14ClNOS/c12-11(14)13-7-10-9(5-6-15-10)8-3-1-2-4-8/h5-6,8H,1-4,7H2,(H,13,14). The molecule has 1 amide bonds. The molecule has 1 N–H and O–H groups in total. The maximum Gasteiger partial charge on any atom is 0.314 e. The topological polar surface area (TPSA) is 29.1 Å². The van der Waals surface area contributed by atoms with Gasteiger partial charge in [-0.1, -0.05) is 12.8 Å². The summed E-state index contributed by atoms with van der Waals surface area (Å²) in [7, 11) is 0. The highest BCUT2D eigenvalue weighted by molar-refractivity contribution is 7.10. The third kappa shape index (κ3) is 2.73. The quantitative estimate of drug-likeness (QED) is 0.634. The van der Waals surface area contributed by atoms with Gasteiger partial charge in [-0.25, -0.2) is 0 Å². The van der Waals surface area contributed by atoms with Crippen LogP contribution in [-0.2, 0) is 6.54 Å². The zero-order valence-electron chi connectivity index (χ0n) is 8.46. The Morgan fingerprint density at radius 2 is 2.27 bits per heavy atom. The van der Waals surface area contributed by atoms with Gasteiger partial charge < -0.3 is 5.32 Å². The summed E-state index contributed by atoms with van der Waals surface area (Å²) in [5.74, 6) is 0.707. The SMILES string of the molecule is O=C(Cl)NCc1sccc1C1CCCC1. The second-order valence-corrected chi connectivity index (χ2v) is 5.25. The average Bonchev–Trinajstić information content (AvgIpc) is 2.85. The van der Waals surface area contributed by atoms with E-state index in [0.717, 1.165) is 0 Å². The summed E-state index contributed by atoms with van der Waals surface area (Å²) in [6, 6.07) is 2.19.